The molecule has 111 heavy (non-hydrogen) atoms. The van der Waals surface area contributed by atoms with E-state index in [2.05, 4.69) is 47.9 Å². The van der Waals surface area contributed by atoms with E-state index in [4.69, 9.17) is 25.8 Å². The number of fused-ring (bicyclic) bond motifs is 2. The molecule has 2 atom stereocenters. The van der Waals surface area contributed by atoms with Gasteiger partial charge in [-0.3, -0.25) is 53.1 Å². The number of nitrogens with one attached hydrogen (secondary N) is 6. The molecule has 7 heterocycles. The number of carbonyl (C=O) groups excluding carboxylic acids is 8. The second kappa shape index (κ2) is 45.0. The number of aryl methyl sites for hydroxylation is 10. The first-order valence-corrected chi connectivity index (χ1v) is 38.4. The summed E-state index contributed by atoms with van der Waals surface area (Å²) in [5.74, 6) is 0.869. The molecule has 0 aliphatic carbocycles. The van der Waals surface area contributed by atoms with Gasteiger partial charge in [0, 0.05) is 114 Å². The molecule has 30 heteroatoms. The summed E-state index contributed by atoms with van der Waals surface area (Å²) in [6.45, 7) is 28.8. The Morgan fingerprint density at radius 1 is 0.541 bits per heavy atom. The number of hydrogen-bond acceptors (Lipinski definition) is 20. The number of nitrogens with zero attached hydrogens (tertiary/aromatic N) is 8. The number of aliphatic hydroxyl groups is 1. The molecule has 0 bridgehead atoms. The van der Waals surface area contributed by atoms with Crippen LogP contribution >= 0.6 is 34.3 Å². The summed E-state index contributed by atoms with van der Waals surface area (Å²) in [5.41, 5.74) is 13.5. The smallest absolute Gasteiger partial charge is 0.244 e. The van der Waals surface area contributed by atoms with E-state index in [-0.39, 0.29) is 114 Å². The first kappa shape index (κ1) is 91.1. The number of anilines is 4. The van der Waals surface area contributed by atoms with Crippen LogP contribution in [0.15, 0.2) is 109 Å². The van der Waals surface area contributed by atoms with Crippen molar-refractivity contribution in [2.24, 2.45) is 0 Å². The van der Waals surface area contributed by atoms with Crippen LogP contribution in [0.1, 0.15) is 54.5 Å². The number of amides is 8. The Morgan fingerprint density at radius 3 is 1.33 bits per heavy atom. The molecule has 7 N–H and O–H groups in total. The van der Waals surface area contributed by atoms with Crippen molar-refractivity contribution in [1.82, 2.24) is 50.0 Å². The fourth-order valence-electron chi connectivity index (χ4n) is 12.1. The Balaban J connectivity index is 0.000000218. The van der Waals surface area contributed by atoms with Gasteiger partial charge >= 0.3 is 0 Å². The Kier molecular flexibility index (Phi) is 36.9. The summed E-state index contributed by atoms with van der Waals surface area (Å²) >= 11 is 8.73. The van der Waals surface area contributed by atoms with Gasteiger partial charge in [0.2, 0.25) is 47.3 Å². The van der Waals surface area contributed by atoms with Gasteiger partial charge in [-0.05, 0) is 152 Å². The normalized spacial score (nSPS) is 15.8. The van der Waals surface area contributed by atoms with Crippen molar-refractivity contribution in [3.05, 3.63) is 171 Å². The molecule has 8 amide bonds. The number of ether oxygens (including phenoxy) is 3. The van der Waals surface area contributed by atoms with E-state index in [1.807, 2.05) is 201 Å². The van der Waals surface area contributed by atoms with Crippen LogP contribution < -0.4 is 41.4 Å². The van der Waals surface area contributed by atoms with E-state index in [1.54, 1.807) is 37.4 Å². The van der Waals surface area contributed by atoms with Crippen LogP contribution in [0.5, 0.6) is 11.5 Å². The second-order valence-corrected chi connectivity index (χ2v) is 30.3. The number of likely N-dealkylation sites (N-methyl/N-ethyl adjacent to an activating group) is 2. The maximum atomic E-state index is 12.6. The van der Waals surface area contributed by atoms with Crippen molar-refractivity contribution in [3.8, 4) is 11.5 Å². The molecule has 5 fully saturated rings. The minimum atomic E-state index is -0.737. The molecule has 13 rings (SSSR count). The first-order chi connectivity index (χ1) is 52.1. The summed E-state index contributed by atoms with van der Waals surface area (Å²) in [6.07, 6.45) is -0.433. The number of aromatic nitrogens is 2. The third-order valence-electron chi connectivity index (χ3n) is 18.1. The molecule has 602 valence electrons. The Labute approximate surface area is 678 Å². The van der Waals surface area contributed by atoms with Gasteiger partial charge in [-0.15, -0.1) is 34.3 Å². The van der Waals surface area contributed by atoms with Crippen LogP contribution in [0.4, 0.5) is 22.7 Å². The number of carbonyl (C=O) groups is 8. The zero-order valence-electron chi connectivity index (χ0n) is 65.7. The molecule has 0 radical (unpaired) electrons. The van der Waals surface area contributed by atoms with Gasteiger partial charge in [0.1, 0.15) is 42.8 Å². The monoisotopic (exact) mass is 1670 g/mol. The summed E-state index contributed by atoms with van der Waals surface area (Å²) in [6, 6.07) is 35.2. The van der Waals surface area contributed by atoms with Gasteiger partial charge in [0.15, 0.2) is 0 Å². The number of alkyl halides is 1. The molecule has 6 aromatic carbocycles. The zero-order valence-corrected chi connectivity index (χ0v) is 69.7. The van der Waals surface area contributed by atoms with E-state index in [0.29, 0.717) is 70.8 Å². The molecule has 0 saturated carbocycles. The minimum Gasteiger partial charge on any atom is -0.491 e. The molecule has 5 aliphatic rings. The average Bonchev–Trinajstić information content (AvgIpc) is 1.81. The van der Waals surface area contributed by atoms with E-state index in [0.717, 1.165) is 132 Å². The maximum Gasteiger partial charge on any atom is 0.244 e. The Morgan fingerprint density at radius 2 is 0.946 bits per heavy atom. The second-order valence-electron chi connectivity index (χ2n) is 27.5. The number of piperazine rings is 4. The number of hydrogen-bond donors (Lipinski definition) is 7. The molecule has 5 saturated heterocycles. The van der Waals surface area contributed by atoms with E-state index < -0.39 is 6.10 Å². The van der Waals surface area contributed by atoms with Crippen molar-refractivity contribution in [3.63, 3.8) is 0 Å². The molecule has 8 aromatic rings. The Hall–Kier alpha value is -8.83. The maximum absolute atomic E-state index is 12.6. The summed E-state index contributed by atoms with van der Waals surface area (Å²) in [5, 5.41) is 29.7. The van der Waals surface area contributed by atoms with Gasteiger partial charge < -0.3 is 73.3 Å². The summed E-state index contributed by atoms with van der Waals surface area (Å²) in [4.78, 5) is 114. The standard InChI is InChI=1S/C25H30N4O4S.C15H21N3O2.C14H19N3O2.C11H11NO2S.C10H12ClNO.C5H10N2O.CH3.Pd/c1-16-5-4-6-17(2)25(16)27-23(31)13-29-10-9-28(14-24(29)32)12-19(30)15-33-20-7-8-22-21(11-20)26-18(3)34-22;1-11-5-4-6-12(2)15(11)16-13(19)9-18-8-7-17(3)10-14(18)20;1-10-4-3-5-11(2)14(10)16-12(18)9-17-7-6-15-8-13(17)19;1-7-12-10-4-8(2-3-11(10)15-7)13-5-9-6-14-9;1-7-4-3-5-8(2)10(7)12-9(13)6-11;1-7-3-2-6-5(8)4-7;;/h4-8,11,19,30H,9-10,12-15H2,1-3H3,(H,27,31);4-6H,7-10H2,1-3H3,(H,16,19);3-5,15H,6-9H2,1-2H3,(H,16,18);2-4,9H,5-6H2,1H3;3-5H,6H2,1-2H3,(H,12,13);2-4H2,1H3,(H,6,8);1H3;/q;;;;;;-1;. The number of benzene rings is 6. The Bertz CT molecular complexity index is 4400. The largest absolute Gasteiger partial charge is 0.491 e. The molecular weight excluding hydrogens is 1570 g/mol. The van der Waals surface area contributed by atoms with Crippen LogP contribution in [-0.2, 0) is 63.5 Å². The number of halogens is 1. The number of thiazole rings is 2. The summed E-state index contributed by atoms with van der Waals surface area (Å²) < 4.78 is 18.7. The molecule has 2 unspecified atom stereocenters. The number of rotatable bonds is 19. The van der Waals surface area contributed by atoms with Crippen molar-refractivity contribution >= 4 is 125 Å². The molecular formula is C81H106ClN14O12PdS2-. The van der Waals surface area contributed by atoms with E-state index in [9.17, 15) is 43.5 Å². The van der Waals surface area contributed by atoms with Crippen molar-refractivity contribution in [2.75, 3.05) is 166 Å². The van der Waals surface area contributed by atoms with Gasteiger partial charge in [-0.25, -0.2) is 9.97 Å². The molecule has 5 aliphatic heterocycles. The van der Waals surface area contributed by atoms with E-state index >= 15 is 0 Å². The van der Waals surface area contributed by atoms with Gasteiger partial charge in [-0.1, -0.05) is 72.8 Å². The SMILES string of the molecule is CN1CCNC(=O)C1.Cc1cccc(C)c1NC(=O)CCl.Cc1cccc(C)c1NC(=O)CN1CCN(C)CC1=O.Cc1cccc(C)c1NC(=O)CN1CCNCC1=O.Cc1nc2cc(OCC(O)CN3CCN(CC(=O)Nc4c(C)cccc4C)C(=O)C3)ccc2s1.Cc1nc2cc(OCC3CO3)ccc2s1.[CH3-].[Pd]. The minimum absolute atomic E-state index is 0. The number of epoxide rings is 1. The number of para-hydroxylation sites is 4. The van der Waals surface area contributed by atoms with Gasteiger partial charge in [0.05, 0.1) is 82.9 Å². The van der Waals surface area contributed by atoms with Crippen LogP contribution in [0.25, 0.3) is 20.4 Å². The predicted octanol–water partition coefficient (Wildman–Crippen LogP) is 8.79. The van der Waals surface area contributed by atoms with Crippen LogP contribution in [0, 0.1) is 76.7 Å². The third kappa shape index (κ3) is 29.7. The quantitative estimate of drug-likeness (QED) is 0.0172. The van der Waals surface area contributed by atoms with Gasteiger partial charge in [0.25, 0.3) is 0 Å². The van der Waals surface area contributed by atoms with Crippen LogP contribution in [-0.4, -0.2) is 248 Å². The fourth-order valence-corrected chi connectivity index (χ4v) is 13.7. The topological polar surface area (TPSA) is 305 Å². The summed E-state index contributed by atoms with van der Waals surface area (Å²) in [7, 11) is 3.85. The van der Waals surface area contributed by atoms with Crippen molar-refractivity contribution in [1.29, 1.82) is 0 Å². The first-order valence-electron chi connectivity index (χ1n) is 36.3. The van der Waals surface area contributed by atoms with Crippen molar-refractivity contribution < 1.29 is 78.1 Å². The molecule has 26 nitrogen and oxygen atoms in total. The van der Waals surface area contributed by atoms with E-state index in [1.165, 1.54) is 4.70 Å². The number of β-amino-alcohol motifs (C(OH)–C–C–N with tert-alkyl or cyclic N) is 1. The van der Waals surface area contributed by atoms with Gasteiger partial charge in [-0.2, -0.15) is 0 Å². The molecule has 0 spiro atoms. The fraction of sp³-hybridized carbons (Fsp3) is 0.420. The van der Waals surface area contributed by atoms with Crippen molar-refractivity contribution in [2.45, 2.75) is 81.4 Å². The van der Waals surface area contributed by atoms with Crippen LogP contribution in [0.2, 0.25) is 0 Å². The zero-order chi connectivity index (χ0) is 78.8. The third-order valence-corrected chi connectivity index (χ3v) is 20.3. The predicted molar refractivity (Wildman–Crippen MR) is 438 cm³/mol. The van der Waals surface area contributed by atoms with Crippen LogP contribution in [0.3, 0.4) is 0 Å². The average molecular weight is 1670 g/mol. The number of aliphatic hydroxyl groups excluding tert-OH is 1. The molecule has 2 aromatic heterocycles.